The Labute approximate surface area is 257 Å². The molecule has 0 spiro atoms. The highest BCUT2D eigenvalue weighted by Gasteiger charge is 2.32. The van der Waals surface area contributed by atoms with Gasteiger partial charge in [-0.3, -0.25) is 14.5 Å². The van der Waals surface area contributed by atoms with Gasteiger partial charge in [-0.2, -0.15) is 0 Å². The lowest BCUT2D eigenvalue weighted by Crippen LogP contribution is -2.48. The molecule has 2 amide bonds. The number of fused-ring (bicyclic) bond motifs is 2. The van der Waals surface area contributed by atoms with E-state index in [0.29, 0.717) is 39.7 Å². The number of nitrogens with one attached hydrogen (secondary N) is 1. The summed E-state index contributed by atoms with van der Waals surface area (Å²) in [6.07, 6.45) is 0. The van der Waals surface area contributed by atoms with Crippen LogP contribution in [-0.4, -0.2) is 60.2 Å². The number of carbonyl (C=O) groups excluding carboxylic acids is 2. The summed E-state index contributed by atoms with van der Waals surface area (Å²) in [5.74, 6) is -1.15. The monoisotopic (exact) mass is 616 g/mol. The Hall–Kier alpha value is -4.05. The molecule has 4 aromatic carbocycles. The first-order valence-electron chi connectivity index (χ1n) is 14.1. The van der Waals surface area contributed by atoms with Crippen LogP contribution in [0.3, 0.4) is 0 Å². The predicted molar refractivity (Wildman–Crippen MR) is 167 cm³/mol. The lowest BCUT2D eigenvalue weighted by atomic mass is 10.1. The van der Waals surface area contributed by atoms with Crippen LogP contribution in [0.4, 0.5) is 15.8 Å². The Morgan fingerprint density at radius 3 is 2.44 bits per heavy atom. The molecule has 6 rings (SSSR count). The molecule has 1 saturated heterocycles. The van der Waals surface area contributed by atoms with Gasteiger partial charge in [0, 0.05) is 61.1 Å². The van der Waals surface area contributed by atoms with Gasteiger partial charge < -0.3 is 15.1 Å². The summed E-state index contributed by atoms with van der Waals surface area (Å²) >= 11 is 6.15. The quantitative estimate of drug-likeness (QED) is 0.303. The van der Waals surface area contributed by atoms with E-state index in [0.717, 1.165) is 36.9 Å². The van der Waals surface area contributed by atoms with Gasteiger partial charge in [-0.05, 0) is 54.6 Å². The van der Waals surface area contributed by atoms with E-state index < -0.39 is 22.5 Å². The first-order valence-corrected chi connectivity index (χ1v) is 15.6. The molecule has 0 saturated carbocycles. The summed E-state index contributed by atoms with van der Waals surface area (Å²) in [7, 11) is -1.67. The molecule has 1 fully saturated rings. The molecule has 1 N–H and O–H groups in total. The predicted octanol–water partition coefficient (Wildman–Crippen LogP) is 5.36. The third-order valence-electron chi connectivity index (χ3n) is 7.82. The summed E-state index contributed by atoms with van der Waals surface area (Å²) < 4.78 is 28.3. The van der Waals surface area contributed by atoms with Crippen molar-refractivity contribution in [3.63, 3.8) is 0 Å². The van der Waals surface area contributed by atoms with Crippen LogP contribution in [0.5, 0.6) is 0 Å². The van der Waals surface area contributed by atoms with E-state index in [1.807, 2.05) is 18.2 Å². The number of hydrogen-bond acceptors (Lipinski definition) is 5. The Balaban J connectivity index is 1.17. The maximum absolute atomic E-state index is 14.7. The van der Waals surface area contributed by atoms with E-state index in [1.54, 1.807) is 60.7 Å². The van der Waals surface area contributed by atoms with E-state index in [4.69, 9.17) is 11.6 Å². The first-order chi connectivity index (χ1) is 20.9. The fourth-order valence-corrected chi connectivity index (χ4v) is 7.02. The van der Waals surface area contributed by atoms with Crippen molar-refractivity contribution in [3.05, 3.63) is 119 Å². The standard InChI is InChI=1S/C33H30ClFN4O3S/c34-25-7-5-8-26(21-25)38-18-16-37(17-19-38)15-14-36-32(40)23-12-13-31-29(20-23)39(22-24-6-1-3-10-28(24)35)33(41)27-9-2-4-11-30(27)43(31)42/h1-13,20-21H,14-19,22H2,(H,36,40)/t43-/m1/s1. The lowest BCUT2D eigenvalue weighted by molar-refractivity contribution is 0.0944. The van der Waals surface area contributed by atoms with Crippen molar-refractivity contribution in [2.45, 2.75) is 16.3 Å². The van der Waals surface area contributed by atoms with Crippen molar-refractivity contribution in [2.75, 3.05) is 49.1 Å². The average molecular weight is 617 g/mol. The van der Waals surface area contributed by atoms with Crippen molar-refractivity contribution < 1.29 is 18.2 Å². The second kappa shape index (κ2) is 12.7. The molecule has 0 unspecified atom stereocenters. The molecule has 2 heterocycles. The summed E-state index contributed by atoms with van der Waals surface area (Å²) in [5.41, 5.74) is 2.37. The molecule has 0 aromatic heterocycles. The van der Waals surface area contributed by atoms with Gasteiger partial charge in [0.25, 0.3) is 11.8 Å². The van der Waals surface area contributed by atoms with Gasteiger partial charge in [0.1, 0.15) is 5.82 Å². The van der Waals surface area contributed by atoms with Crippen molar-refractivity contribution >= 4 is 45.6 Å². The van der Waals surface area contributed by atoms with Crippen molar-refractivity contribution in [3.8, 4) is 0 Å². The Bertz CT molecular complexity index is 1710. The van der Waals surface area contributed by atoms with E-state index in [-0.39, 0.29) is 18.0 Å². The molecule has 7 nitrogen and oxygen atoms in total. The highest BCUT2D eigenvalue weighted by Crippen LogP contribution is 2.36. The zero-order chi connectivity index (χ0) is 29.9. The molecule has 10 heteroatoms. The van der Waals surface area contributed by atoms with E-state index in [9.17, 15) is 18.2 Å². The van der Waals surface area contributed by atoms with Gasteiger partial charge in [-0.25, -0.2) is 8.60 Å². The van der Waals surface area contributed by atoms with Gasteiger partial charge in [0.2, 0.25) is 0 Å². The third-order valence-corrected chi connectivity index (χ3v) is 9.55. The molecule has 2 aliphatic heterocycles. The van der Waals surface area contributed by atoms with Crippen LogP contribution in [-0.2, 0) is 17.3 Å². The van der Waals surface area contributed by atoms with Crippen molar-refractivity contribution in [1.82, 2.24) is 10.2 Å². The number of anilines is 2. The third kappa shape index (κ3) is 6.20. The molecule has 4 aromatic rings. The number of amides is 2. The van der Waals surface area contributed by atoms with Gasteiger partial charge in [-0.1, -0.05) is 48.0 Å². The number of benzene rings is 4. The lowest BCUT2D eigenvalue weighted by Gasteiger charge is -2.36. The van der Waals surface area contributed by atoms with Crippen LogP contribution >= 0.6 is 11.6 Å². The topological polar surface area (TPSA) is 73.0 Å². The number of rotatable bonds is 7. The number of nitrogens with zero attached hydrogens (tertiary/aromatic N) is 3. The van der Waals surface area contributed by atoms with Gasteiger partial charge in [0.05, 0.1) is 38.4 Å². The second-order valence-corrected chi connectivity index (χ2v) is 12.3. The number of halogens is 2. The Morgan fingerprint density at radius 2 is 1.65 bits per heavy atom. The average Bonchev–Trinajstić information content (AvgIpc) is 3.11. The van der Waals surface area contributed by atoms with Crippen molar-refractivity contribution in [2.24, 2.45) is 0 Å². The van der Waals surface area contributed by atoms with E-state index in [2.05, 4.69) is 21.2 Å². The Kier molecular flexibility index (Phi) is 8.56. The fraction of sp³-hybridized carbons (Fsp3) is 0.212. The molecule has 0 aliphatic carbocycles. The van der Waals surface area contributed by atoms with Gasteiger partial charge >= 0.3 is 0 Å². The van der Waals surface area contributed by atoms with Gasteiger partial charge in [0.15, 0.2) is 0 Å². The summed E-state index contributed by atoms with van der Waals surface area (Å²) in [6.45, 7) is 4.52. The zero-order valence-corrected chi connectivity index (χ0v) is 24.9. The van der Waals surface area contributed by atoms with Crippen LogP contribution in [0.1, 0.15) is 26.3 Å². The second-order valence-electron chi connectivity index (χ2n) is 10.5. The zero-order valence-electron chi connectivity index (χ0n) is 23.3. The highest BCUT2D eigenvalue weighted by atomic mass is 35.5. The van der Waals surface area contributed by atoms with E-state index in [1.165, 1.54) is 11.0 Å². The molecule has 1 atom stereocenters. The largest absolute Gasteiger partial charge is 0.369 e. The summed E-state index contributed by atoms with van der Waals surface area (Å²) in [6, 6.07) is 25.6. The molecule has 0 radical (unpaired) electrons. The van der Waals surface area contributed by atoms with Crippen LogP contribution in [0.25, 0.3) is 0 Å². The molecule has 0 bridgehead atoms. The SMILES string of the molecule is O=C(NCCN1CCN(c2cccc(Cl)c2)CC1)c1ccc2c(c1)N(Cc1ccccc1F)C(=O)c1ccccc1[S@]2=O. The van der Waals surface area contributed by atoms with E-state index >= 15 is 0 Å². The molecular weight excluding hydrogens is 587 g/mol. The van der Waals surface area contributed by atoms with Crippen LogP contribution in [0.15, 0.2) is 101 Å². The molecular formula is C33H30ClFN4O3S. The minimum atomic E-state index is -1.67. The number of piperazine rings is 1. The summed E-state index contributed by atoms with van der Waals surface area (Å²) in [4.78, 5) is 33.8. The van der Waals surface area contributed by atoms with Crippen LogP contribution in [0.2, 0.25) is 5.02 Å². The maximum Gasteiger partial charge on any atom is 0.259 e. The Morgan fingerprint density at radius 1 is 0.884 bits per heavy atom. The molecule has 43 heavy (non-hydrogen) atoms. The summed E-state index contributed by atoms with van der Waals surface area (Å²) in [5, 5.41) is 3.70. The smallest absolute Gasteiger partial charge is 0.259 e. The minimum absolute atomic E-state index is 0.0731. The van der Waals surface area contributed by atoms with Crippen molar-refractivity contribution in [1.29, 1.82) is 0 Å². The highest BCUT2D eigenvalue weighted by molar-refractivity contribution is 7.85. The first kappa shape index (κ1) is 29.0. The van der Waals surface area contributed by atoms with Crippen LogP contribution in [0, 0.1) is 5.82 Å². The molecule has 220 valence electrons. The van der Waals surface area contributed by atoms with Crippen LogP contribution < -0.4 is 15.1 Å². The number of hydrogen-bond donors (Lipinski definition) is 1. The van der Waals surface area contributed by atoms with Gasteiger partial charge in [-0.15, -0.1) is 0 Å². The number of carbonyl (C=O) groups is 2. The maximum atomic E-state index is 14.7. The minimum Gasteiger partial charge on any atom is -0.369 e. The normalized spacial score (nSPS) is 16.8. The fourth-order valence-electron chi connectivity index (χ4n) is 5.49. The molecule has 2 aliphatic rings.